The zero-order valence-electron chi connectivity index (χ0n) is 10.1. The van der Waals surface area contributed by atoms with E-state index < -0.39 is 6.04 Å². The third-order valence-electron chi connectivity index (χ3n) is 2.54. The largest absolute Gasteiger partial charge is 0.480 e. The van der Waals surface area contributed by atoms with Gasteiger partial charge in [0.05, 0.1) is 13.2 Å². The highest BCUT2D eigenvalue weighted by atomic mass is 79.9. The van der Waals surface area contributed by atoms with Gasteiger partial charge in [-0.25, -0.2) is 14.8 Å². The first-order chi connectivity index (χ1) is 9.15. The maximum absolute atomic E-state index is 13.5. The first-order valence-corrected chi connectivity index (χ1v) is 6.22. The molecule has 5 nitrogen and oxygen atoms in total. The smallest absolute Gasteiger partial charge is 0.237 e. The van der Waals surface area contributed by atoms with E-state index in [1.807, 2.05) is 0 Å². The molecule has 100 valence electrons. The zero-order chi connectivity index (χ0) is 13.8. The van der Waals surface area contributed by atoms with Crippen LogP contribution in [0.15, 0.2) is 35.1 Å². The molecule has 19 heavy (non-hydrogen) atoms. The van der Waals surface area contributed by atoms with Crippen LogP contribution in [-0.2, 0) is 0 Å². The van der Waals surface area contributed by atoms with Crippen LogP contribution in [0.25, 0.3) is 0 Å². The molecule has 7 heteroatoms. The molecule has 2 aromatic rings. The third kappa shape index (κ3) is 3.06. The van der Waals surface area contributed by atoms with Crippen LogP contribution >= 0.6 is 15.9 Å². The van der Waals surface area contributed by atoms with E-state index in [1.54, 1.807) is 6.07 Å². The van der Waals surface area contributed by atoms with Crippen LogP contribution in [0.4, 0.5) is 4.39 Å². The van der Waals surface area contributed by atoms with E-state index in [0.717, 1.165) is 0 Å². The number of aromatic nitrogens is 2. The van der Waals surface area contributed by atoms with Gasteiger partial charge in [0.2, 0.25) is 5.88 Å². The fraction of sp³-hybridized carbons (Fsp3) is 0.167. The number of ether oxygens (including phenoxy) is 1. The molecule has 0 aliphatic rings. The monoisotopic (exact) mass is 326 g/mol. The average molecular weight is 327 g/mol. The van der Waals surface area contributed by atoms with E-state index in [1.165, 1.54) is 31.6 Å². The predicted octanol–water partition coefficient (Wildman–Crippen LogP) is 1.94. The van der Waals surface area contributed by atoms with Crippen LogP contribution in [0.1, 0.15) is 17.3 Å². The third-order valence-corrected chi connectivity index (χ3v) is 3.00. The number of hydrogen-bond donors (Lipinski definition) is 2. The van der Waals surface area contributed by atoms with Crippen molar-refractivity contribution < 1.29 is 9.13 Å². The Morgan fingerprint density at radius 2 is 2.05 bits per heavy atom. The Labute approximate surface area is 118 Å². The zero-order valence-corrected chi connectivity index (χ0v) is 11.7. The van der Waals surface area contributed by atoms with Gasteiger partial charge in [0, 0.05) is 16.9 Å². The van der Waals surface area contributed by atoms with Gasteiger partial charge in [-0.2, -0.15) is 0 Å². The van der Waals surface area contributed by atoms with Gasteiger partial charge in [0.25, 0.3) is 0 Å². The van der Waals surface area contributed by atoms with Crippen molar-refractivity contribution in [2.45, 2.75) is 6.04 Å². The number of benzene rings is 1. The van der Waals surface area contributed by atoms with E-state index in [2.05, 4.69) is 31.3 Å². The number of hydrazine groups is 1. The van der Waals surface area contributed by atoms with Gasteiger partial charge in [-0.05, 0) is 23.8 Å². The topological polar surface area (TPSA) is 73.1 Å². The van der Waals surface area contributed by atoms with Crippen molar-refractivity contribution >= 4 is 15.9 Å². The lowest BCUT2D eigenvalue weighted by atomic mass is 10.0. The SMILES string of the molecule is COc1nccnc1C(NN)c1cc(F)cc(Br)c1. The molecule has 0 saturated carbocycles. The minimum absolute atomic E-state index is 0.339. The summed E-state index contributed by atoms with van der Waals surface area (Å²) in [6.07, 6.45) is 3.04. The Kier molecular flexibility index (Phi) is 4.41. The molecule has 1 aromatic heterocycles. The molecule has 0 bridgehead atoms. The van der Waals surface area contributed by atoms with Crippen molar-refractivity contribution in [2.24, 2.45) is 5.84 Å². The van der Waals surface area contributed by atoms with Gasteiger partial charge in [-0.1, -0.05) is 15.9 Å². The highest BCUT2D eigenvalue weighted by molar-refractivity contribution is 9.10. The summed E-state index contributed by atoms with van der Waals surface area (Å²) >= 11 is 3.24. The van der Waals surface area contributed by atoms with Crippen LogP contribution in [0.2, 0.25) is 0 Å². The van der Waals surface area contributed by atoms with Gasteiger partial charge >= 0.3 is 0 Å². The van der Waals surface area contributed by atoms with Crippen LogP contribution in [0.5, 0.6) is 5.88 Å². The number of nitrogens with zero attached hydrogens (tertiary/aromatic N) is 2. The molecule has 0 aliphatic carbocycles. The summed E-state index contributed by atoms with van der Waals surface area (Å²) in [7, 11) is 1.49. The van der Waals surface area contributed by atoms with E-state index in [-0.39, 0.29) is 5.82 Å². The first-order valence-electron chi connectivity index (χ1n) is 5.42. The number of rotatable bonds is 4. The standard InChI is InChI=1S/C12H12BrFN4O/c1-19-12-11(16-2-3-17-12)10(18-15)7-4-8(13)6-9(14)5-7/h2-6,10,18H,15H2,1H3. The van der Waals surface area contributed by atoms with Gasteiger partial charge < -0.3 is 4.74 Å². The predicted molar refractivity (Wildman–Crippen MR) is 71.9 cm³/mol. The second-order valence-corrected chi connectivity index (χ2v) is 4.67. The Morgan fingerprint density at radius 1 is 1.32 bits per heavy atom. The number of methoxy groups -OCH3 is 1. The summed E-state index contributed by atoms with van der Waals surface area (Å²) in [6.45, 7) is 0. The van der Waals surface area contributed by atoms with Crippen molar-refractivity contribution in [3.63, 3.8) is 0 Å². The lowest BCUT2D eigenvalue weighted by Crippen LogP contribution is -2.30. The Balaban J connectivity index is 2.49. The van der Waals surface area contributed by atoms with Crippen LogP contribution in [0.3, 0.4) is 0 Å². The second kappa shape index (κ2) is 6.05. The minimum atomic E-state index is -0.518. The second-order valence-electron chi connectivity index (χ2n) is 3.75. The fourth-order valence-corrected chi connectivity index (χ4v) is 2.25. The average Bonchev–Trinajstić information content (AvgIpc) is 2.39. The number of nitrogens with one attached hydrogen (secondary N) is 1. The molecule has 0 spiro atoms. The number of halogens is 2. The van der Waals surface area contributed by atoms with Gasteiger partial charge in [0.1, 0.15) is 11.5 Å². The molecular formula is C12H12BrFN4O. The quantitative estimate of drug-likeness (QED) is 0.663. The summed E-state index contributed by atoms with van der Waals surface area (Å²) in [5.41, 5.74) is 3.70. The normalized spacial score (nSPS) is 12.2. The van der Waals surface area contributed by atoms with Crippen molar-refractivity contribution in [3.05, 3.63) is 52.1 Å². The molecule has 1 heterocycles. The molecule has 0 saturated heterocycles. The molecule has 2 rings (SSSR count). The molecule has 0 radical (unpaired) electrons. The van der Waals surface area contributed by atoms with Crippen molar-refractivity contribution in [3.8, 4) is 5.88 Å². The van der Waals surface area contributed by atoms with Crippen molar-refractivity contribution in [1.29, 1.82) is 0 Å². The van der Waals surface area contributed by atoms with E-state index >= 15 is 0 Å². The molecule has 0 amide bonds. The van der Waals surface area contributed by atoms with Gasteiger partial charge in [0.15, 0.2) is 0 Å². The Bertz CT molecular complexity index is 561. The van der Waals surface area contributed by atoms with Crippen LogP contribution < -0.4 is 16.0 Å². The summed E-state index contributed by atoms with van der Waals surface area (Å²) in [6, 6.07) is 3.98. The highest BCUT2D eigenvalue weighted by Crippen LogP contribution is 2.28. The van der Waals surface area contributed by atoms with E-state index in [0.29, 0.717) is 21.6 Å². The maximum atomic E-state index is 13.5. The molecule has 1 unspecified atom stereocenters. The van der Waals surface area contributed by atoms with Crippen LogP contribution in [0, 0.1) is 5.82 Å². The summed E-state index contributed by atoms with van der Waals surface area (Å²) < 4.78 is 19.2. The van der Waals surface area contributed by atoms with Gasteiger partial charge in [-0.3, -0.25) is 10.8 Å². The number of nitrogens with two attached hydrogens (primary N) is 1. The van der Waals surface area contributed by atoms with E-state index in [9.17, 15) is 4.39 Å². The lowest BCUT2D eigenvalue weighted by Gasteiger charge is -2.17. The lowest BCUT2D eigenvalue weighted by molar-refractivity contribution is 0.383. The van der Waals surface area contributed by atoms with Crippen LogP contribution in [-0.4, -0.2) is 17.1 Å². The molecule has 1 atom stereocenters. The summed E-state index contributed by atoms with van der Waals surface area (Å²) in [5.74, 6) is 5.52. The maximum Gasteiger partial charge on any atom is 0.237 e. The first kappa shape index (κ1) is 13.9. The fourth-order valence-electron chi connectivity index (χ4n) is 1.77. The molecular weight excluding hydrogens is 315 g/mol. The Hall–Kier alpha value is -1.57. The van der Waals surface area contributed by atoms with Gasteiger partial charge in [-0.15, -0.1) is 0 Å². The molecule has 0 aliphatic heterocycles. The minimum Gasteiger partial charge on any atom is -0.480 e. The highest BCUT2D eigenvalue weighted by Gasteiger charge is 2.20. The molecule has 0 fully saturated rings. The summed E-state index contributed by atoms with van der Waals surface area (Å²) in [4.78, 5) is 8.24. The molecule has 1 aromatic carbocycles. The number of hydrogen-bond acceptors (Lipinski definition) is 5. The Morgan fingerprint density at radius 3 is 2.68 bits per heavy atom. The van der Waals surface area contributed by atoms with Crippen molar-refractivity contribution in [2.75, 3.05) is 7.11 Å². The summed E-state index contributed by atoms with van der Waals surface area (Å²) in [5, 5.41) is 0. The van der Waals surface area contributed by atoms with E-state index in [4.69, 9.17) is 10.6 Å². The van der Waals surface area contributed by atoms with Crippen molar-refractivity contribution in [1.82, 2.24) is 15.4 Å². The molecule has 3 N–H and O–H groups in total.